The molecule has 1 atom stereocenters. The summed E-state index contributed by atoms with van der Waals surface area (Å²) in [5, 5.41) is 12.8. The molecule has 0 fully saturated rings. The fourth-order valence-electron chi connectivity index (χ4n) is 3.45. The van der Waals surface area contributed by atoms with Gasteiger partial charge >= 0.3 is 0 Å². The standard InChI is InChI=1S/C22H23N2O2.HI/c1-16-23(2)21-9-5-6-10-22(21)24(16)14-19(25)15-26-20-12-11-17-7-3-4-8-18(17)13-20;/h3-13,19,25H,14-15H2,1-2H3;1H/q+1;/p-1. The second kappa shape index (κ2) is 8.27. The Morgan fingerprint density at radius 2 is 1.70 bits per heavy atom. The van der Waals surface area contributed by atoms with E-state index in [1.165, 1.54) is 5.39 Å². The predicted molar refractivity (Wildman–Crippen MR) is 103 cm³/mol. The van der Waals surface area contributed by atoms with Crippen molar-refractivity contribution in [2.45, 2.75) is 19.6 Å². The molecule has 5 heteroatoms. The Morgan fingerprint density at radius 1 is 1.00 bits per heavy atom. The van der Waals surface area contributed by atoms with Gasteiger partial charge in [0.25, 0.3) is 5.82 Å². The highest BCUT2D eigenvalue weighted by Crippen LogP contribution is 2.21. The Balaban J connectivity index is 0.00000210. The van der Waals surface area contributed by atoms with Crippen LogP contribution in [0.3, 0.4) is 0 Å². The quantitative estimate of drug-likeness (QED) is 0.336. The van der Waals surface area contributed by atoms with Crippen LogP contribution in [-0.4, -0.2) is 22.4 Å². The lowest BCUT2D eigenvalue weighted by molar-refractivity contribution is -0.652. The number of aryl methyl sites for hydroxylation is 1. The normalized spacial score (nSPS) is 12.1. The van der Waals surface area contributed by atoms with Crippen molar-refractivity contribution in [1.29, 1.82) is 0 Å². The van der Waals surface area contributed by atoms with Crippen LogP contribution in [0.25, 0.3) is 21.8 Å². The summed E-state index contributed by atoms with van der Waals surface area (Å²) in [5.41, 5.74) is 2.28. The minimum atomic E-state index is -0.587. The Morgan fingerprint density at radius 3 is 2.52 bits per heavy atom. The number of benzene rings is 3. The van der Waals surface area contributed by atoms with E-state index < -0.39 is 6.10 Å². The molecular weight excluding hydrogens is 451 g/mol. The number of rotatable bonds is 5. The topological polar surface area (TPSA) is 38.3 Å². The molecule has 1 unspecified atom stereocenters. The van der Waals surface area contributed by atoms with Gasteiger partial charge in [0.05, 0.1) is 7.05 Å². The number of para-hydroxylation sites is 2. The first-order valence-corrected chi connectivity index (χ1v) is 8.87. The SMILES string of the molecule is Cc1n(CC(O)COc2ccc3ccccc3c2)c2ccccc2[n+]1C.[I-]. The Kier molecular flexibility index (Phi) is 6.01. The molecule has 27 heavy (non-hydrogen) atoms. The molecule has 0 spiro atoms. The molecule has 140 valence electrons. The fourth-order valence-corrected chi connectivity index (χ4v) is 3.45. The van der Waals surface area contributed by atoms with Crippen LogP contribution in [0.4, 0.5) is 0 Å². The Hall–Kier alpha value is -2.12. The van der Waals surface area contributed by atoms with Gasteiger partial charge in [-0.2, -0.15) is 0 Å². The highest BCUT2D eigenvalue weighted by Gasteiger charge is 2.21. The lowest BCUT2D eigenvalue weighted by Crippen LogP contribution is -3.00. The molecule has 1 N–H and O–H groups in total. The van der Waals surface area contributed by atoms with Gasteiger partial charge < -0.3 is 33.8 Å². The number of halogens is 1. The van der Waals surface area contributed by atoms with Gasteiger partial charge in [-0.3, -0.25) is 0 Å². The zero-order chi connectivity index (χ0) is 18.1. The fraction of sp³-hybridized carbons (Fsp3) is 0.227. The first kappa shape index (κ1) is 19.6. The molecule has 4 nitrogen and oxygen atoms in total. The van der Waals surface area contributed by atoms with E-state index in [4.69, 9.17) is 4.74 Å². The van der Waals surface area contributed by atoms with Gasteiger partial charge in [0.1, 0.15) is 25.0 Å². The van der Waals surface area contributed by atoms with Gasteiger partial charge in [-0.05, 0) is 35.0 Å². The number of aliphatic hydroxyl groups excluding tert-OH is 1. The molecule has 0 saturated heterocycles. The summed E-state index contributed by atoms with van der Waals surface area (Å²) < 4.78 is 10.1. The van der Waals surface area contributed by atoms with E-state index in [9.17, 15) is 5.11 Å². The molecule has 0 amide bonds. The van der Waals surface area contributed by atoms with Crippen LogP contribution in [0.2, 0.25) is 0 Å². The average Bonchev–Trinajstić information content (AvgIpc) is 2.91. The minimum Gasteiger partial charge on any atom is -1.00 e. The number of ether oxygens (including phenoxy) is 1. The van der Waals surface area contributed by atoms with Crippen molar-refractivity contribution in [2.75, 3.05) is 6.61 Å². The molecular formula is C22H23IN2O2. The molecule has 0 saturated carbocycles. The van der Waals surface area contributed by atoms with Gasteiger partial charge in [-0.25, -0.2) is 9.13 Å². The summed E-state index contributed by atoms with van der Waals surface area (Å²) in [7, 11) is 2.05. The van der Waals surface area contributed by atoms with Gasteiger partial charge in [0.2, 0.25) is 0 Å². The third kappa shape index (κ3) is 3.94. The molecule has 0 aliphatic heterocycles. The summed E-state index contributed by atoms with van der Waals surface area (Å²) in [6.07, 6.45) is -0.587. The third-order valence-corrected chi connectivity index (χ3v) is 4.97. The van der Waals surface area contributed by atoms with Gasteiger partial charge in [-0.15, -0.1) is 0 Å². The molecule has 4 aromatic rings. The van der Waals surface area contributed by atoms with Crippen molar-refractivity contribution < 1.29 is 38.4 Å². The maximum absolute atomic E-state index is 10.5. The largest absolute Gasteiger partial charge is 1.00 e. The zero-order valence-electron chi connectivity index (χ0n) is 15.5. The Bertz CT molecular complexity index is 1070. The van der Waals surface area contributed by atoms with Crippen molar-refractivity contribution in [3.05, 3.63) is 72.6 Å². The Labute approximate surface area is 176 Å². The van der Waals surface area contributed by atoms with Gasteiger partial charge in [0.15, 0.2) is 11.0 Å². The van der Waals surface area contributed by atoms with Crippen LogP contribution >= 0.6 is 0 Å². The number of aromatic nitrogens is 2. The van der Waals surface area contributed by atoms with Crippen molar-refractivity contribution in [3.63, 3.8) is 0 Å². The molecule has 0 radical (unpaired) electrons. The molecule has 0 aliphatic rings. The second-order valence-corrected chi connectivity index (χ2v) is 6.68. The van der Waals surface area contributed by atoms with E-state index in [0.29, 0.717) is 6.54 Å². The van der Waals surface area contributed by atoms with Gasteiger partial charge in [0, 0.05) is 6.92 Å². The highest BCUT2D eigenvalue weighted by molar-refractivity contribution is 5.83. The summed E-state index contributed by atoms with van der Waals surface area (Å²) >= 11 is 0. The third-order valence-electron chi connectivity index (χ3n) is 4.97. The molecule has 3 aromatic carbocycles. The monoisotopic (exact) mass is 474 g/mol. The number of hydrogen-bond acceptors (Lipinski definition) is 2. The molecule has 0 bridgehead atoms. The number of imidazole rings is 1. The smallest absolute Gasteiger partial charge is 0.254 e. The van der Waals surface area contributed by atoms with Crippen molar-refractivity contribution in [2.24, 2.45) is 7.05 Å². The van der Waals surface area contributed by atoms with E-state index >= 15 is 0 Å². The summed E-state index contributed by atoms with van der Waals surface area (Å²) in [6.45, 7) is 2.83. The number of fused-ring (bicyclic) bond motifs is 2. The summed E-state index contributed by atoms with van der Waals surface area (Å²) in [5.74, 6) is 1.89. The molecule has 1 aromatic heterocycles. The van der Waals surface area contributed by atoms with Crippen molar-refractivity contribution in [3.8, 4) is 5.75 Å². The average molecular weight is 474 g/mol. The molecule has 4 rings (SSSR count). The lowest BCUT2D eigenvalue weighted by atomic mass is 10.1. The van der Waals surface area contributed by atoms with Crippen molar-refractivity contribution >= 4 is 21.8 Å². The number of nitrogens with zero attached hydrogens (tertiary/aromatic N) is 2. The lowest BCUT2D eigenvalue weighted by Gasteiger charge is -2.12. The summed E-state index contributed by atoms with van der Waals surface area (Å²) in [6, 6.07) is 22.4. The first-order valence-electron chi connectivity index (χ1n) is 8.87. The second-order valence-electron chi connectivity index (χ2n) is 6.68. The molecule has 1 heterocycles. The maximum Gasteiger partial charge on any atom is 0.254 e. The number of hydrogen-bond donors (Lipinski definition) is 1. The van der Waals surface area contributed by atoms with Crippen LogP contribution in [0.5, 0.6) is 5.75 Å². The predicted octanol–water partition coefficient (Wildman–Crippen LogP) is 0.371. The number of aliphatic hydroxyl groups is 1. The van der Waals surface area contributed by atoms with Crippen LogP contribution < -0.4 is 33.3 Å². The van der Waals surface area contributed by atoms with Gasteiger partial charge in [-0.1, -0.05) is 42.5 Å². The summed E-state index contributed by atoms with van der Waals surface area (Å²) in [4.78, 5) is 0. The van der Waals surface area contributed by atoms with Crippen molar-refractivity contribution in [1.82, 2.24) is 4.57 Å². The zero-order valence-corrected chi connectivity index (χ0v) is 17.6. The molecule has 0 aliphatic carbocycles. The first-order chi connectivity index (χ1) is 12.6. The highest BCUT2D eigenvalue weighted by atomic mass is 127. The van der Waals surface area contributed by atoms with E-state index in [2.05, 4.69) is 40.3 Å². The van der Waals surface area contributed by atoms with E-state index in [1.54, 1.807) is 0 Å². The maximum atomic E-state index is 10.5. The van der Waals surface area contributed by atoms with Crippen LogP contribution in [-0.2, 0) is 13.6 Å². The van der Waals surface area contributed by atoms with Crippen LogP contribution in [0.1, 0.15) is 5.82 Å². The minimum absolute atomic E-state index is 0. The van der Waals surface area contributed by atoms with E-state index in [1.807, 2.05) is 49.5 Å². The van der Waals surface area contributed by atoms with Crippen LogP contribution in [0.15, 0.2) is 66.7 Å². The van der Waals surface area contributed by atoms with E-state index in [-0.39, 0.29) is 30.6 Å². The van der Waals surface area contributed by atoms with E-state index in [0.717, 1.165) is 28.0 Å². The van der Waals surface area contributed by atoms with Crippen LogP contribution in [0, 0.1) is 6.92 Å².